The Hall–Kier alpha value is -6.92. The average Bonchev–Trinajstić information content (AvgIpc) is 3.71. The Labute approximate surface area is 361 Å². The third-order valence-electron chi connectivity index (χ3n) is 11.6. The molecule has 2 heterocycles. The van der Waals surface area contributed by atoms with E-state index in [1.54, 1.807) is 40.7 Å². The fraction of sp³-hybridized carbons (Fsp3) is 0.216. The molecule has 6 aromatic carbocycles. The van der Waals surface area contributed by atoms with Crippen LogP contribution in [0.15, 0.2) is 175 Å². The maximum absolute atomic E-state index is 14.0. The molecule has 0 saturated carbocycles. The van der Waals surface area contributed by atoms with Gasteiger partial charge in [-0.05, 0) is 88.0 Å². The van der Waals surface area contributed by atoms with Gasteiger partial charge < -0.3 is 38.8 Å². The van der Waals surface area contributed by atoms with E-state index >= 15 is 0 Å². The number of aliphatic hydroxyl groups is 1. The van der Waals surface area contributed by atoms with Gasteiger partial charge in [0, 0.05) is 12.6 Å². The highest BCUT2D eigenvalue weighted by Gasteiger charge is 2.43. The van der Waals surface area contributed by atoms with Crippen LogP contribution in [0.3, 0.4) is 0 Å². The largest absolute Gasteiger partial charge is 0.497 e. The lowest BCUT2D eigenvalue weighted by atomic mass is 9.77. The van der Waals surface area contributed by atoms with Crippen LogP contribution in [0.2, 0.25) is 0 Å². The highest BCUT2D eigenvalue weighted by molar-refractivity contribution is 5.59. The first-order chi connectivity index (χ1) is 30.3. The minimum Gasteiger partial charge on any atom is -0.497 e. The fourth-order valence-electron chi connectivity index (χ4n) is 8.30. The van der Waals surface area contributed by atoms with Gasteiger partial charge in [-0.25, -0.2) is 4.79 Å². The van der Waals surface area contributed by atoms with Crippen molar-refractivity contribution in [2.75, 3.05) is 40.4 Å². The zero-order chi connectivity index (χ0) is 43.1. The van der Waals surface area contributed by atoms with E-state index in [0.717, 1.165) is 33.4 Å². The van der Waals surface area contributed by atoms with Crippen LogP contribution in [0, 0.1) is 0 Å². The van der Waals surface area contributed by atoms with Crippen molar-refractivity contribution in [3.8, 4) is 23.0 Å². The molecular formula is C51H49N3O8. The van der Waals surface area contributed by atoms with Gasteiger partial charge in [0.15, 0.2) is 0 Å². The lowest BCUT2D eigenvalue weighted by Crippen LogP contribution is -2.39. The number of methoxy groups -OCH3 is 4. The zero-order valence-electron chi connectivity index (χ0n) is 35.0. The standard InChI is InChI=1S/C51H49N3O8/c1-57-41-23-15-36(16-24-41)50(35-11-7-5-8-12-35,37-17-25-42(58-2)26-18-37)53-47-31-32-54(49(56)52-47)48-33-45(55)46(62-48)34-61-51(38-13-9-6-10-14-38,39-19-27-43(59-3)28-20-39)40-21-29-44(60-4)30-22-40/h5-32,45-46,48,55H,33-34H2,1-4H3,(H,52,53,56)/t45-,46+,48+/m0/s1. The van der Waals surface area contributed by atoms with Gasteiger partial charge in [0.2, 0.25) is 0 Å². The molecule has 0 unspecified atom stereocenters. The lowest BCUT2D eigenvalue weighted by molar-refractivity contribution is -0.0944. The summed E-state index contributed by atoms with van der Waals surface area (Å²) in [5.74, 6) is 3.17. The Bertz CT molecular complexity index is 2490. The van der Waals surface area contributed by atoms with E-state index in [4.69, 9.17) is 28.4 Å². The SMILES string of the molecule is COc1ccc(C(Nc2ccn([C@H]3C[C@H](O)[C@@H](COC(c4ccccc4)(c4ccc(OC)cc4)c4ccc(OC)cc4)O3)c(=O)n2)(c2ccccc2)c2ccc(OC)cc2)cc1. The molecule has 1 aromatic heterocycles. The quantitative estimate of drug-likeness (QED) is 0.0920. The summed E-state index contributed by atoms with van der Waals surface area (Å²) < 4.78 is 36.9. The number of aliphatic hydroxyl groups excluding tert-OH is 1. The molecule has 11 heteroatoms. The van der Waals surface area contributed by atoms with E-state index < -0.39 is 35.3 Å². The lowest BCUT2D eigenvalue weighted by Gasteiger charge is -2.37. The van der Waals surface area contributed by atoms with Crippen LogP contribution in [0.5, 0.6) is 23.0 Å². The summed E-state index contributed by atoms with van der Waals surface area (Å²) in [4.78, 5) is 18.6. The van der Waals surface area contributed by atoms with Crippen molar-refractivity contribution in [2.45, 2.75) is 36.0 Å². The summed E-state index contributed by atoms with van der Waals surface area (Å²) in [6.07, 6.45) is -0.722. The van der Waals surface area contributed by atoms with Crippen LogP contribution in [0.4, 0.5) is 5.82 Å². The summed E-state index contributed by atoms with van der Waals surface area (Å²) in [7, 11) is 6.52. The molecule has 1 saturated heterocycles. The number of nitrogens with one attached hydrogen (secondary N) is 1. The number of aromatic nitrogens is 2. The molecule has 1 fully saturated rings. The van der Waals surface area contributed by atoms with E-state index in [1.807, 2.05) is 158 Å². The van der Waals surface area contributed by atoms with Crippen LogP contribution in [0.25, 0.3) is 0 Å². The maximum atomic E-state index is 14.0. The second-order valence-corrected chi connectivity index (χ2v) is 14.9. The monoisotopic (exact) mass is 831 g/mol. The molecule has 316 valence electrons. The molecule has 8 rings (SSSR count). The van der Waals surface area contributed by atoms with E-state index in [2.05, 4.69) is 10.3 Å². The van der Waals surface area contributed by atoms with Gasteiger partial charge in [-0.3, -0.25) is 4.57 Å². The van der Waals surface area contributed by atoms with E-state index in [1.165, 1.54) is 4.57 Å². The van der Waals surface area contributed by atoms with Gasteiger partial charge in [0.1, 0.15) is 52.3 Å². The number of hydrogen-bond acceptors (Lipinski definition) is 10. The Balaban J connectivity index is 1.11. The van der Waals surface area contributed by atoms with Crippen LogP contribution >= 0.6 is 0 Å². The van der Waals surface area contributed by atoms with Crippen molar-refractivity contribution in [1.29, 1.82) is 0 Å². The van der Waals surface area contributed by atoms with Crippen molar-refractivity contribution in [1.82, 2.24) is 9.55 Å². The molecule has 0 amide bonds. The molecule has 0 bridgehead atoms. The van der Waals surface area contributed by atoms with Crippen LogP contribution in [0.1, 0.15) is 46.0 Å². The molecule has 3 atom stereocenters. The summed E-state index contributed by atoms with van der Waals surface area (Å²) in [5, 5.41) is 15.2. The number of anilines is 1. The smallest absolute Gasteiger partial charge is 0.351 e. The Morgan fingerprint density at radius 2 is 1.00 bits per heavy atom. The molecule has 2 N–H and O–H groups in total. The number of benzene rings is 6. The van der Waals surface area contributed by atoms with Gasteiger partial charge in [-0.2, -0.15) is 4.98 Å². The summed E-state index contributed by atoms with van der Waals surface area (Å²) >= 11 is 0. The normalized spacial score (nSPS) is 16.4. The minimum atomic E-state index is -1.12. The Morgan fingerprint density at radius 1 is 0.597 bits per heavy atom. The average molecular weight is 832 g/mol. The van der Waals surface area contributed by atoms with Crippen LogP contribution in [-0.4, -0.2) is 61.9 Å². The van der Waals surface area contributed by atoms with Crippen molar-refractivity contribution in [3.63, 3.8) is 0 Å². The highest BCUT2D eigenvalue weighted by Crippen LogP contribution is 2.44. The van der Waals surface area contributed by atoms with Crippen molar-refractivity contribution < 1.29 is 33.5 Å². The Kier molecular flexibility index (Phi) is 12.4. The number of hydrogen-bond donors (Lipinski definition) is 2. The summed E-state index contributed by atoms with van der Waals surface area (Å²) in [6, 6.07) is 52.7. The van der Waals surface area contributed by atoms with Crippen molar-refractivity contribution >= 4 is 5.82 Å². The zero-order valence-corrected chi connectivity index (χ0v) is 35.0. The maximum Gasteiger partial charge on any atom is 0.351 e. The van der Waals surface area contributed by atoms with Gasteiger partial charge >= 0.3 is 5.69 Å². The molecule has 1 aliphatic rings. The molecule has 62 heavy (non-hydrogen) atoms. The molecule has 0 radical (unpaired) electrons. The molecule has 11 nitrogen and oxygen atoms in total. The molecule has 0 spiro atoms. The van der Waals surface area contributed by atoms with E-state index in [0.29, 0.717) is 28.8 Å². The fourth-order valence-corrected chi connectivity index (χ4v) is 8.30. The first kappa shape index (κ1) is 41.8. The Morgan fingerprint density at radius 3 is 1.44 bits per heavy atom. The topological polar surface area (TPSA) is 123 Å². The van der Waals surface area contributed by atoms with Gasteiger partial charge in [0.05, 0.1) is 41.2 Å². The molecule has 7 aromatic rings. The second-order valence-electron chi connectivity index (χ2n) is 14.9. The minimum absolute atomic E-state index is 0.00421. The highest BCUT2D eigenvalue weighted by atomic mass is 16.6. The third-order valence-corrected chi connectivity index (χ3v) is 11.6. The second kappa shape index (κ2) is 18.4. The summed E-state index contributed by atoms with van der Waals surface area (Å²) in [5.41, 5.74) is 2.61. The van der Waals surface area contributed by atoms with Crippen molar-refractivity contribution in [3.05, 3.63) is 214 Å². The molecular weight excluding hydrogens is 783 g/mol. The number of rotatable bonds is 16. The molecule has 0 aliphatic carbocycles. The van der Waals surface area contributed by atoms with E-state index in [9.17, 15) is 9.90 Å². The first-order valence-electron chi connectivity index (χ1n) is 20.4. The van der Waals surface area contributed by atoms with Crippen molar-refractivity contribution in [2.24, 2.45) is 0 Å². The van der Waals surface area contributed by atoms with Gasteiger partial charge in [-0.1, -0.05) is 109 Å². The predicted molar refractivity (Wildman–Crippen MR) is 237 cm³/mol. The number of nitrogens with zero attached hydrogens (tertiary/aromatic N) is 2. The van der Waals surface area contributed by atoms with Gasteiger partial charge in [-0.15, -0.1) is 0 Å². The summed E-state index contributed by atoms with van der Waals surface area (Å²) in [6.45, 7) is -0.00421. The molecule has 1 aliphatic heterocycles. The van der Waals surface area contributed by atoms with E-state index in [-0.39, 0.29) is 13.0 Å². The number of ether oxygens (including phenoxy) is 6. The van der Waals surface area contributed by atoms with Crippen LogP contribution < -0.4 is 30.0 Å². The van der Waals surface area contributed by atoms with Crippen LogP contribution in [-0.2, 0) is 20.6 Å². The third kappa shape index (κ3) is 8.13. The first-order valence-corrected chi connectivity index (χ1v) is 20.4. The predicted octanol–water partition coefficient (Wildman–Crippen LogP) is 8.34. The van der Waals surface area contributed by atoms with Gasteiger partial charge in [0.25, 0.3) is 0 Å².